The van der Waals surface area contributed by atoms with Crippen molar-refractivity contribution < 1.29 is 4.42 Å². The Morgan fingerprint density at radius 1 is 0.328 bits per heavy atom. The van der Waals surface area contributed by atoms with E-state index in [1.54, 1.807) is 0 Å². The van der Waals surface area contributed by atoms with Crippen molar-refractivity contribution in [3.8, 4) is 44.5 Å². The Balaban J connectivity index is 1.05. The Hall–Kier alpha value is -7.72. The van der Waals surface area contributed by atoms with Crippen LogP contribution in [0.5, 0.6) is 0 Å². The van der Waals surface area contributed by atoms with Crippen LogP contribution in [-0.4, -0.2) is 0 Å². The lowest BCUT2D eigenvalue weighted by Gasteiger charge is -2.27. The van der Waals surface area contributed by atoms with Crippen molar-refractivity contribution in [2.24, 2.45) is 0 Å². The van der Waals surface area contributed by atoms with Gasteiger partial charge in [-0.1, -0.05) is 170 Å². The fourth-order valence-corrected chi connectivity index (χ4v) is 10.4. The second-order valence-corrected chi connectivity index (χ2v) is 16.7. The number of anilines is 3. The smallest absolute Gasteiger partial charge is 0.143 e. The molecule has 3 heteroatoms. The molecule has 0 unspecified atom stereocenters. The summed E-state index contributed by atoms with van der Waals surface area (Å²) in [5, 5.41) is 7.23. The van der Waals surface area contributed by atoms with Gasteiger partial charge < -0.3 is 9.32 Å². The molecule has 10 aromatic carbocycles. The predicted octanol–water partition coefficient (Wildman–Crippen LogP) is 17.2. The number of fused-ring (bicyclic) bond motifs is 7. The summed E-state index contributed by atoms with van der Waals surface area (Å²) in [5.74, 6) is 0. The van der Waals surface area contributed by atoms with Gasteiger partial charge in [-0.05, 0) is 104 Å². The summed E-state index contributed by atoms with van der Waals surface area (Å²) in [4.78, 5) is 2.40. The first-order valence-corrected chi connectivity index (χ1v) is 21.6. The van der Waals surface area contributed by atoms with Crippen LogP contribution in [-0.2, 0) is 0 Å². The van der Waals surface area contributed by atoms with Gasteiger partial charge in [0.2, 0.25) is 0 Å². The Labute approximate surface area is 357 Å². The van der Waals surface area contributed by atoms with E-state index in [4.69, 9.17) is 4.42 Å². The predicted molar refractivity (Wildman–Crippen MR) is 261 cm³/mol. The van der Waals surface area contributed by atoms with Crippen molar-refractivity contribution in [3.63, 3.8) is 0 Å². The standard InChI is InChI=1S/C58H37NOS/c1-3-14-38(15-4-1)39-28-30-44(31-29-39)59(45-21-11-20-43(34-45)47-23-12-26-52-49-22-9-10-27-56(49)61-58(47)52)46-32-33-48(53(37-46)40-16-5-2-6-17-40)50-24-13-25-51-54-35-41-18-7-8-19-42(41)36-55(54)60-57(50)51/h1-37H. The number of nitrogens with zero attached hydrogens (tertiary/aromatic N) is 1. The number of hydrogen-bond donors (Lipinski definition) is 0. The van der Waals surface area contributed by atoms with E-state index < -0.39 is 0 Å². The second kappa shape index (κ2) is 14.5. The molecule has 61 heavy (non-hydrogen) atoms. The third-order valence-electron chi connectivity index (χ3n) is 12.1. The van der Waals surface area contributed by atoms with Crippen LogP contribution in [0.15, 0.2) is 229 Å². The van der Waals surface area contributed by atoms with E-state index >= 15 is 0 Å². The van der Waals surface area contributed by atoms with Crippen LogP contribution < -0.4 is 4.90 Å². The maximum absolute atomic E-state index is 6.80. The number of benzene rings is 10. The minimum Gasteiger partial charge on any atom is -0.455 e. The number of thiophene rings is 1. The van der Waals surface area contributed by atoms with Crippen molar-refractivity contribution in [2.75, 3.05) is 4.90 Å². The lowest BCUT2D eigenvalue weighted by Crippen LogP contribution is -2.10. The number of hydrogen-bond acceptors (Lipinski definition) is 3. The highest BCUT2D eigenvalue weighted by Gasteiger charge is 2.21. The Kier molecular flexibility index (Phi) is 8.39. The molecular formula is C58H37NOS. The molecule has 0 fully saturated rings. The van der Waals surface area contributed by atoms with E-state index in [0.29, 0.717) is 0 Å². The molecule has 12 rings (SSSR count). The van der Waals surface area contributed by atoms with Gasteiger partial charge in [-0.25, -0.2) is 0 Å². The Morgan fingerprint density at radius 3 is 1.75 bits per heavy atom. The van der Waals surface area contributed by atoms with Gasteiger partial charge in [0.05, 0.1) is 0 Å². The molecule has 0 N–H and O–H groups in total. The van der Waals surface area contributed by atoms with Crippen molar-refractivity contribution in [1.29, 1.82) is 0 Å². The molecule has 286 valence electrons. The average Bonchev–Trinajstić information content (AvgIpc) is 3.90. The molecule has 0 bridgehead atoms. The van der Waals surface area contributed by atoms with Crippen LogP contribution in [0.2, 0.25) is 0 Å². The van der Waals surface area contributed by atoms with Crippen LogP contribution in [0.3, 0.4) is 0 Å². The highest BCUT2D eigenvalue weighted by atomic mass is 32.1. The van der Waals surface area contributed by atoms with Gasteiger partial charge in [0.15, 0.2) is 0 Å². The first kappa shape index (κ1) is 35.2. The summed E-state index contributed by atoms with van der Waals surface area (Å²) < 4.78 is 9.41. The van der Waals surface area contributed by atoms with E-state index in [-0.39, 0.29) is 0 Å². The van der Waals surface area contributed by atoms with Crippen LogP contribution in [0.1, 0.15) is 0 Å². The largest absolute Gasteiger partial charge is 0.455 e. The molecule has 0 aliphatic carbocycles. The van der Waals surface area contributed by atoms with Gasteiger partial charge in [0, 0.05) is 53.6 Å². The minimum absolute atomic E-state index is 0.897. The van der Waals surface area contributed by atoms with Gasteiger partial charge in [-0.15, -0.1) is 11.3 Å². The third-order valence-corrected chi connectivity index (χ3v) is 13.3. The van der Waals surface area contributed by atoms with E-state index in [0.717, 1.165) is 61.3 Å². The SMILES string of the molecule is c1ccc(-c2ccc(N(c3cccc(-c4cccc5c4sc4ccccc45)c3)c3ccc(-c4cccc5c4oc4cc6ccccc6cc45)c(-c4ccccc4)c3)cc2)cc1. The van der Waals surface area contributed by atoms with Crippen molar-refractivity contribution in [2.45, 2.75) is 0 Å². The fraction of sp³-hybridized carbons (Fsp3) is 0. The molecule has 0 amide bonds. The van der Waals surface area contributed by atoms with Gasteiger partial charge in [0.1, 0.15) is 11.2 Å². The molecule has 0 saturated carbocycles. The van der Waals surface area contributed by atoms with Crippen molar-refractivity contribution in [1.82, 2.24) is 0 Å². The number of furan rings is 1. The van der Waals surface area contributed by atoms with Crippen molar-refractivity contribution >= 4 is 81.3 Å². The fourth-order valence-electron chi connectivity index (χ4n) is 9.13. The molecular weight excluding hydrogens is 759 g/mol. The van der Waals surface area contributed by atoms with E-state index in [2.05, 4.69) is 229 Å². The zero-order chi connectivity index (χ0) is 40.3. The van der Waals surface area contributed by atoms with E-state index in [1.165, 1.54) is 53.2 Å². The van der Waals surface area contributed by atoms with Gasteiger partial charge in [-0.3, -0.25) is 0 Å². The average molecular weight is 796 g/mol. The highest BCUT2D eigenvalue weighted by Crippen LogP contribution is 2.46. The maximum atomic E-state index is 6.80. The summed E-state index contributed by atoms with van der Waals surface area (Å²) in [6, 6.07) is 81.1. The molecule has 2 nitrogen and oxygen atoms in total. The Morgan fingerprint density at radius 2 is 0.934 bits per heavy atom. The minimum atomic E-state index is 0.897. The molecule has 0 aliphatic rings. The van der Waals surface area contributed by atoms with Crippen molar-refractivity contribution in [3.05, 3.63) is 224 Å². The van der Waals surface area contributed by atoms with Gasteiger partial charge >= 0.3 is 0 Å². The third kappa shape index (κ3) is 6.09. The van der Waals surface area contributed by atoms with Crippen LogP contribution in [0, 0.1) is 0 Å². The first-order chi connectivity index (χ1) is 30.2. The van der Waals surface area contributed by atoms with E-state index in [1.807, 2.05) is 11.3 Å². The molecule has 0 spiro atoms. The molecule has 2 aromatic heterocycles. The summed E-state index contributed by atoms with van der Waals surface area (Å²) in [5.41, 5.74) is 14.3. The lowest BCUT2D eigenvalue weighted by atomic mass is 9.92. The zero-order valence-corrected chi connectivity index (χ0v) is 33.9. The molecule has 0 aliphatic heterocycles. The lowest BCUT2D eigenvalue weighted by molar-refractivity contribution is 0.670. The van der Waals surface area contributed by atoms with Gasteiger partial charge in [0.25, 0.3) is 0 Å². The second-order valence-electron chi connectivity index (χ2n) is 15.7. The molecule has 2 heterocycles. The van der Waals surface area contributed by atoms with Crippen LogP contribution >= 0.6 is 11.3 Å². The molecule has 0 radical (unpaired) electrons. The highest BCUT2D eigenvalue weighted by molar-refractivity contribution is 7.26. The summed E-state index contributed by atoms with van der Waals surface area (Å²) >= 11 is 1.87. The Bertz CT molecular complexity index is 3580. The quantitative estimate of drug-likeness (QED) is 0.160. The molecule has 0 saturated heterocycles. The summed E-state index contributed by atoms with van der Waals surface area (Å²) in [6.07, 6.45) is 0. The topological polar surface area (TPSA) is 16.4 Å². The maximum Gasteiger partial charge on any atom is 0.143 e. The summed E-state index contributed by atoms with van der Waals surface area (Å²) in [7, 11) is 0. The van der Waals surface area contributed by atoms with Crippen LogP contribution in [0.25, 0.3) is 97.4 Å². The molecule has 0 atom stereocenters. The number of rotatable bonds is 7. The molecule has 12 aromatic rings. The summed E-state index contributed by atoms with van der Waals surface area (Å²) in [6.45, 7) is 0. The van der Waals surface area contributed by atoms with Crippen LogP contribution in [0.4, 0.5) is 17.1 Å². The normalized spacial score (nSPS) is 11.6. The van der Waals surface area contributed by atoms with E-state index in [9.17, 15) is 0 Å². The first-order valence-electron chi connectivity index (χ1n) is 20.7. The monoisotopic (exact) mass is 795 g/mol. The number of para-hydroxylation sites is 1. The van der Waals surface area contributed by atoms with Gasteiger partial charge in [-0.2, -0.15) is 0 Å². The zero-order valence-electron chi connectivity index (χ0n) is 33.1.